The van der Waals surface area contributed by atoms with Crippen molar-refractivity contribution >= 4 is 0 Å². The molecule has 2 saturated heterocycles. The van der Waals surface area contributed by atoms with Crippen LogP contribution in [0.25, 0.3) is 0 Å². The molecular formula is C11H16O4. The van der Waals surface area contributed by atoms with E-state index < -0.39 is 12.2 Å². The Morgan fingerprint density at radius 1 is 1.13 bits per heavy atom. The molecule has 2 rings (SSSR count). The standard InChI is InChI=1S/C11H16O4/c1-3-7(13)11-9(15-11)5-4-8-10(14-8)6(2)12/h3-13H,1H2,2H3/b5-4+/t6-,7-,8+,9+,10+,11?/m1/s1. The fourth-order valence-electron chi connectivity index (χ4n) is 1.60. The van der Waals surface area contributed by atoms with E-state index in [2.05, 4.69) is 6.58 Å². The van der Waals surface area contributed by atoms with Crippen molar-refractivity contribution in [1.82, 2.24) is 0 Å². The van der Waals surface area contributed by atoms with E-state index in [0.29, 0.717) is 0 Å². The third-order valence-corrected chi connectivity index (χ3v) is 2.67. The Hall–Kier alpha value is -0.680. The lowest BCUT2D eigenvalue weighted by molar-refractivity contribution is 0.152. The fraction of sp³-hybridized carbons (Fsp3) is 0.636. The van der Waals surface area contributed by atoms with Gasteiger partial charge in [0, 0.05) is 0 Å². The van der Waals surface area contributed by atoms with Crippen molar-refractivity contribution in [1.29, 1.82) is 0 Å². The van der Waals surface area contributed by atoms with E-state index in [1.165, 1.54) is 6.08 Å². The van der Waals surface area contributed by atoms with Crippen LogP contribution in [0.5, 0.6) is 0 Å². The number of ether oxygens (including phenoxy) is 2. The summed E-state index contributed by atoms with van der Waals surface area (Å²) in [6, 6.07) is 0. The summed E-state index contributed by atoms with van der Waals surface area (Å²) in [6.07, 6.45) is 3.87. The molecule has 2 N–H and O–H groups in total. The summed E-state index contributed by atoms with van der Waals surface area (Å²) in [5, 5.41) is 18.5. The average molecular weight is 212 g/mol. The van der Waals surface area contributed by atoms with Gasteiger partial charge in [0.15, 0.2) is 0 Å². The quantitative estimate of drug-likeness (QED) is 0.497. The lowest BCUT2D eigenvalue weighted by atomic mass is 10.1. The number of epoxide rings is 2. The third kappa shape index (κ3) is 2.46. The molecule has 2 aliphatic heterocycles. The Kier molecular flexibility index (Phi) is 2.93. The van der Waals surface area contributed by atoms with Gasteiger partial charge in [0.2, 0.25) is 0 Å². The highest BCUT2D eigenvalue weighted by Gasteiger charge is 2.44. The predicted octanol–water partition coefficient (Wildman–Crippen LogP) is 0.00510. The van der Waals surface area contributed by atoms with Crippen LogP contribution in [0.2, 0.25) is 0 Å². The summed E-state index contributed by atoms with van der Waals surface area (Å²) >= 11 is 0. The molecule has 2 heterocycles. The number of rotatable bonds is 5. The maximum absolute atomic E-state index is 9.34. The van der Waals surface area contributed by atoms with Crippen molar-refractivity contribution < 1.29 is 19.7 Å². The molecule has 0 spiro atoms. The summed E-state index contributed by atoms with van der Waals surface area (Å²) < 4.78 is 10.4. The van der Waals surface area contributed by atoms with E-state index in [1.54, 1.807) is 6.92 Å². The first-order valence-electron chi connectivity index (χ1n) is 5.11. The van der Waals surface area contributed by atoms with E-state index in [1.807, 2.05) is 12.2 Å². The normalized spacial score (nSPS) is 42.6. The van der Waals surface area contributed by atoms with Crippen LogP contribution in [-0.4, -0.2) is 46.8 Å². The summed E-state index contributed by atoms with van der Waals surface area (Å²) in [4.78, 5) is 0. The second-order valence-corrected chi connectivity index (χ2v) is 3.98. The molecule has 0 aliphatic carbocycles. The van der Waals surface area contributed by atoms with E-state index in [9.17, 15) is 10.2 Å². The molecule has 6 atom stereocenters. The van der Waals surface area contributed by atoms with Crippen LogP contribution in [0, 0.1) is 0 Å². The monoisotopic (exact) mass is 212 g/mol. The van der Waals surface area contributed by atoms with E-state index >= 15 is 0 Å². The molecule has 84 valence electrons. The van der Waals surface area contributed by atoms with Gasteiger partial charge < -0.3 is 19.7 Å². The Balaban J connectivity index is 1.72. The average Bonchev–Trinajstić information content (AvgIpc) is 3.06. The molecular weight excluding hydrogens is 196 g/mol. The van der Waals surface area contributed by atoms with Crippen LogP contribution in [0.1, 0.15) is 6.92 Å². The van der Waals surface area contributed by atoms with Crippen LogP contribution in [0.4, 0.5) is 0 Å². The van der Waals surface area contributed by atoms with E-state index in [0.717, 1.165) is 0 Å². The molecule has 0 amide bonds. The van der Waals surface area contributed by atoms with Crippen molar-refractivity contribution in [2.45, 2.75) is 43.5 Å². The minimum atomic E-state index is -0.604. The molecule has 1 unspecified atom stereocenters. The van der Waals surface area contributed by atoms with Crippen molar-refractivity contribution in [3.8, 4) is 0 Å². The number of aliphatic hydroxyl groups excluding tert-OH is 2. The van der Waals surface area contributed by atoms with Crippen molar-refractivity contribution in [3.63, 3.8) is 0 Å². The maximum atomic E-state index is 9.34. The molecule has 0 saturated carbocycles. The first-order valence-corrected chi connectivity index (χ1v) is 5.11. The van der Waals surface area contributed by atoms with Gasteiger partial charge in [-0.2, -0.15) is 0 Å². The van der Waals surface area contributed by atoms with Crippen LogP contribution in [-0.2, 0) is 9.47 Å². The van der Waals surface area contributed by atoms with Crippen molar-refractivity contribution in [3.05, 3.63) is 24.8 Å². The number of aliphatic hydroxyl groups is 2. The summed E-state index contributed by atoms with van der Waals surface area (Å²) in [7, 11) is 0. The van der Waals surface area contributed by atoms with Crippen molar-refractivity contribution in [2.24, 2.45) is 0 Å². The van der Waals surface area contributed by atoms with Crippen molar-refractivity contribution in [2.75, 3.05) is 0 Å². The zero-order valence-corrected chi connectivity index (χ0v) is 8.61. The van der Waals surface area contributed by atoms with Gasteiger partial charge in [-0.25, -0.2) is 0 Å². The number of hydrogen-bond donors (Lipinski definition) is 2. The highest BCUT2D eigenvalue weighted by Crippen LogP contribution is 2.31. The molecule has 0 radical (unpaired) electrons. The highest BCUT2D eigenvalue weighted by molar-refractivity contribution is 5.13. The molecule has 4 nitrogen and oxygen atoms in total. The van der Waals surface area contributed by atoms with Gasteiger partial charge >= 0.3 is 0 Å². The van der Waals surface area contributed by atoms with Crippen LogP contribution < -0.4 is 0 Å². The predicted molar refractivity (Wildman–Crippen MR) is 54.3 cm³/mol. The highest BCUT2D eigenvalue weighted by atomic mass is 16.6. The minimum absolute atomic E-state index is 0.00396. The Bertz CT molecular complexity index is 274. The fourth-order valence-corrected chi connectivity index (χ4v) is 1.60. The van der Waals surface area contributed by atoms with E-state index in [-0.39, 0.29) is 24.4 Å². The molecule has 0 aromatic heterocycles. The molecule has 2 aliphatic rings. The lowest BCUT2D eigenvalue weighted by Gasteiger charge is -1.96. The first kappa shape index (κ1) is 10.8. The topological polar surface area (TPSA) is 65.5 Å². The lowest BCUT2D eigenvalue weighted by Crippen LogP contribution is -2.12. The SMILES string of the molecule is C=C[C@@H](O)C1O[C@H]1/C=C/[C@@H]1O[C@H]1[C@@H](C)O. The molecule has 0 aromatic carbocycles. The zero-order valence-electron chi connectivity index (χ0n) is 8.61. The van der Waals surface area contributed by atoms with Gasteiger partial charge in [0.25, 0.3) is 0 Å². The van der Waals surface area contributed by atoms with Gasteiger partial charge in [-0.15, -0.1) is 6.58 Å². The van der Waals surface area contributed by atoms with Crippen LogP contribution in [0.3, 0.4) is 0 Å². The number of hydrogen-bond acceptors (Lipinski definition) is 4. The van der Waals surface area contributed by atoms with Gasteiger partial charge in [-0.05, 0) is 6.92 Å². The van der Waals surface area contributed by atoms with Gasteiger partial charge in [0.05, 0.1) is 6.10 Å². The van der Waals surface area contributed by atoms with Gasteiger partial charge in [0.1, 0.15) is 30.5 Å². The van der Waals surface area contributed by atoms with Crippen LogP contribution >= 0.6 is 0 Å². The smallest absolute Gasteiger partial charge is 0.118 e. The van der Waals surface area contributed by atoms with Crippen LogP contribution in [0.15, 0.2) is 24.8 Å². The molecule has 0 aromatic rings. The second-order valence-electron chi connectivity index (χ2n) is 3.98. The summed E-state index contributed by atoms with van der Waals surface area (Å²) in [6.45, 7) is 5.19. The third-order valence-electron chi connectivity index (χ3n) is 2.67. The first-order chi connectivity index (χ1) is 7.13. The van der Waals surface area contributed by atoms with E-state index in [4.69, 9.17) is 9.47 Å². The zero-order chi connectivity index (χ0) is 11.0. The summed E-state index contributed by atoms with van der Waals surface area (Å²) in [5.41, 5.74) is 0. The Morgan fingerprint density at radius 2 is 1.67 bits per heavy atom. The maximum Gasteiger partial charge on any atom is 0.118 e. The molecule has 4 heteroatoms. The molecule has 15 heavy (non-hydrogen) atoms. The van der Waals surface area contributed by atoms with Gasteiger partial charge in [-0.3, -0.25) is 0 Å². The second kappa shape index (κ2) is 4.06. The Morgan fingerprint density at radius 3 is 2.13 bits per heavy atom. The largest absolute Gasteiger partial charge is 0.391 e. The molecule has 2 fully saturated rings. The summed E-state index contributed by atoms with van der Waals surface area (Å²) in [5.74, 6) is 0. The molecule has 0 bridgehead atoms. The Labute approximate surface area is 88.8 Å². The van der Waals surface area contributed by atoms with Gasteiger partial charge in [-0.1, -0.05) is 18.2 Å². The minimum Gasteiger partial charge on any atom is -0.391 e.